The van der Waals surface area contributed by atoms with Crippen LogP contribution in [0.3, 0.4) is 0 Å². The Morgan fingerprint density at radius 3 is 2.37 bits per heavy atom. The SMILES string of the molecule is CC(Nc1ccccc1C(C)(C)C)c1ccc(Br)s1. The molecule has 0 spiro atoms. The van der Waals surface area contributed by atoms with Gasteiger partial charge < -0.3 is 5.32 Å². The van der Waals surface area contributed by atoms with Crippen LogP contribution in [0.25, 0.3) is 0 Å². The number of anilines is 1. The highest BCUT2D eigenvalue weighted by Crippen LogP contribution is 2.33. The molecule has 0 aliphatic heterocycles. The Balaban J connectivity index is 2.24. The van der Waals surface area contributed by atoms with Crippen LogP contribution in [0.5, 0.6) is 0 Å². The molecule has 2 aromatic rings. The molecule has 102 valence electrons. The summed E-state index contributed by atoms with van der Waals surface area (Å²) in [6, 6.07) is 13.2. The highest BCUT2D eigenvalue weighted by Gasteiger charge is 2.18. The zero-order valence-electron chi connectivity index (χ0n) is 11.8. The van der Waals surface area contributed by atoms with Gasteiger partial charge in [0.1, 0.15) is 0 Å². The molecule has 0 saturated carbocycles. The van der Waals surface area contributed by atoms with Crippen molar-refractivity contribution < 1.29 is 0 Å². The van der Waals surface area contributed by atoms with E-state index >= 15 is 0 Å². The lowest BCUT2D eigenvalue weighted by Crippen LogP contribution is -2.16. The zero-order chi connectivity index (χ0) is 14.0. The normalized spacial score (nSPS) is 13.3. The molecule has 19 heavy (non-hydrogen) atoms. The Kier molecular flexibility index (Phi) is 4.36. The van der Waals surface area contributed by atoms with Gasteiger partial charge in [0, 0.05) is 10.6 Å². The number of hydrogen-bond acceptors (Lipinski definition) is 2. The summed E-state index contributed by atoms with van der Waals surface area (Å²) in [5.41, 5.74) is 2.74. The monoisotopic (exact) mass is 337 g/mol. The molecular formula is C16H20BrNS. The highest BCUT2D eigenvalue weighted by molar-refractivity contribution is 9.11. The van der Waals surface area contributed by atoms with Gasteiger partial charge in [-0.05, 0) is 52.0 Å². The number of thiophene rings is 1. The maximum absolute atomic E-state index is 3.64. The number of rotatable bonds is 3. The second kappa shape index (κ2) is 5.68. The van der Waals surface area contributed by atoms with Crippen LogP contribution < -0.4 is 5.32 Å². The molecule has 1 aromatic carbocycles. The molecule has 0 aliphatic rings. The summed E-state index contributed by atoms with van der Waals surface area (Å²) in [4.78, 5) is 1.34. The van der Waals surface area contributed by atoms with Crippen molar-refractivity contribution in [1.82, 2.24) is 0 Å². The van der Waals surface area contributed by atoms with E-state index in [4.69, 9.17) is 0 Å². The van der Waals surface area contributed by atoms with Crippen LogP contribution in [-0.2, 0) is 5.41 Å². The number of hydrogen-bond donors (Lipinski definition) is 1. The number of halogens is 1. The van der Waals surface area contributed by atoms with E-state index in [1.54, 1.807) is 11.3 Å². The smallest absolute Gasteiger partial charge is 0.0702 e. The summed E-state index contributed by atoms with van der Waals surface area (Å²) < 4.78 is 1.18. The van der Waals surface area contributed by atoms with Crippen LogP contribution in [0.2, 0.25) is 0 Å². The molecule has 0 radical (unpaired) electrons. The molecule has 0 amide bonds. The molecular weight excluding hydrogens is 318 g/mol. The molecule has 0 saturated heterocycles. The molecule has 0 bridgehead atoms. The first-order chi connectivity index (χ1) is 8.88. The largest absolute Gasteiger partial charge is 0.377 e. The Bertz CT molecular complexity index is 554. The van der Waals surface area contributed by atoms with Gasteiger partial charge in [0.2, 0.25) is 0 Å². The third kappa shape index (κ3) is 3.61. The van der Waals surface area contributed by atoms with Crippen LogP contribution in [0, 0.1) is 0 Å². The third-order valence-corrected chi connectivity index (χ3v) is 4.93. The van der Waals surface area contributed by atoms with Crippen molar-refractivity contribution in [2.45, 2.75) is 39.2 Å². The van der Waals surface area contributed by atoms with E-state index in [0.717, 1.165) is 0 Å². The van der Waals surface area contributed by atoms with Crippen LogP contribution in [-0.4, -0.2) is 0 Å². The van der Waals surface area contributed by atoms with Gasteiger partial charge in [-0.1, -0.05) is 39.0 Å². The van der Waals surface area contributed by atoms with Crippen molar-refractivity contribution in [1.29, 1.82) is 0 Å². The molecule has 0 fully saturated rings. The van der Waals surface area contributed by atoms with E-state index < -0.39 is 0 Å². The number of para-hydroxylation sites is 1. The number of nitrogens with one attached hydrogen (secondary N) is 1. The topological polar surface area (TPSA) is 12.0 Å². The molecule has 2 rings (SSSR count). The Hall–Kier alpha value is -0.800. The maximum atomic E-state index is 3.64. The van der Waals surface area contributed by atoms with E-state index in [2.05, 4.69) is 85.3 Å². The molecule has 3 heteroatoms. The van der Waals surface area contributed by atoms with Crippen molar-refractivity contribution in [2.75, 3.05) is 5.32 Å². The van der Waals surface area contributed by atoms with Crippen LogP contribution in [0.4, 0.5) is 5.69 Å². The molecule has 0 aliphatic carbocycles. The quantitative estimate of drug-likeness (QED) is 0.726. The molecule has 1 nitrogen and oxygen atoms in total. The lowest BCUT2D eigenvalue weighted by Gasteiger charge is -2.25. The van der Waals surface area contributed by atoms with Gasteiger partial charge in [0.05, 0.1) is 9.83 Å². The van der Waals surface area contributed by atoms with Crippen LogP contribution in [0.15, 0.2) is 40.2 Å². The predicted octanol–water partition coefficient (Wildman–Crippen LogP) is 5.98. The lowest BCUT2D eigenvalue weighted by molar-refractivity contribution is 0.591. The zero-order valence-corrected chi connectivity index (χ0v) is 14.2. The Morgan fingerprint density at radius 1 is 1.11 bits per heavy atom. The van der Waals surface area contributed by atoms with Crippen molar-refractivity contribution in [2.24, 2.45) is 0 Å². The average molecular weight is 338 g/mol. The second-order valence-corrected chi connectivity index (χ2v) is 8.30. The fourth-order valence-corrected chi connectivity index (χ4v) is 3.55. The first-order valence-electron chi connectivity index (χ1n) is 6.49. The Morgan fingerprint density at radius 2 is 1.79 bits per heavy atom. The van der Waals surface area contributed by atoms with E-state index in [1.807, 2.05) is 0 Å². The van der Waals surface area contributed by atoms with Gasteiger partial charge in [0.15, 0.2) is 0 Å². The van der Waals surface area contributed by atoms with Crippen molar-refractivity contribution in [3.8, 4) is 0 Å². The summed E-state index contributed by atoms with van der Waals surface area (Å²) in [5.74, 6) is 0. The van der Waals surface area contributed by atoms with Gasteiger partial charge in [-0.25, -0.2) is 0 Å². The van der Waals surface area contributed by atoms with Crippen LogP contribution >= 0.6 is 27.3 Å². The Labute approximate surface area is 128 Å². The summed E-state index contributed by atoms with van der Waals surface area (Å²) in [5, 5.41) is 3.64. The van der Waals surface area contributed by atoms with Gasteiger partial charge in [0.25, 0.3) is 0 Å². The van der Waals surface area contributed by atoms with Gasteiger partial charge in [-0.2, -0.15) is 0 Å². The third-order valence-electron chi connectivity index (χ3n) is 3.13. The van der Waals surface area contributed by atoms with E-state index in [1.165, 1.54) is 19.9 Å². The molecule has 1 atom stereocenters. The van der Waals surface area contributed by atoms with E-state index in [9.17, 15) is 0 Å². The fourth-order valence-electron chi connectivity index (χ4n) is 2.13. The average Bonchev–Trinajstić information content (AvgIpc) is 2.75. The lowest BCUT2D eigenvalue weighted by atomic mass is 9.85. The summed E-state index contributed by atoms with van der Waals surface area (Å²) >= 11 is 5.31. The molecule has 1 N–H and O–H groups in total. The van der Waals surface area contributed by atoms with Crippen molar-refractivity contribution >= 4 is 33.0 Å². The van der Waals surface area contributed by atoms with Gasteiger partial charge in [-0.15, -0.1) is 11.3 Å². The predicted molar refractivity (Wildman–Crippen MR) is 89.2 cm³/mol. The van der Waals surface area contributed by atoms with Crippen LogP contribution in [0.1, 0.15) is 44.2 Å². The van der Waals surface area contributed by atoms with E-state index in [0.29, 0.717) is 6.04 Å². The minimum atomic E-state index is 0.152. The first-order valence-corrected chi connectivity index (χ1v) is 8.10. The van der Waals surface area contributed by atoms with E-state index in [-0.39, 0.29) is 5.41 Å². The molecule has 1 unspecified atom stereocenters. The first kappa shape index (κ1) is 14.6. The molecule has 1 heterocycles. The maximum Gasteiger partial charge on any atom is 0.0702 e. The standard InChI is InChI=1S/C16H20BrNS/c1-11(14-9-10-15(17)19-14)18-13-8-6-5-7-12(13)16(2,3)4/h5-11,18H,1-4H3. The summed E-state index contributed by atoms with van der Waals surface area (Å²) in [7, 11) is 0. The van der Waals surface area contributed by atoms with Crippen molar-refractivity contribution in [3.63, 3.8) is 0 Å². The fraction of sp³-hybridized carbons (Fsp3) is 0.375. The molecule has 1 aromatic heterocycles. The highest BCUT2D eigenvalue weighted by atomic mass is 79.9. The summed E-state index contributed by atoms with van der Waals surface area (Å²) in [6.07, 6.45) is 0. The minimum Gasteiger partial charge on any atom is -0.377 e. The number of benzene rings is 1. The van der Waals surface area contributed by atoms with Gasteiger partial charge >= 0.3 is 0 Å². The minimum absolute atomic E-state index is 0.152. The van der Waals surface area contributed by atoms with Gasteiger partial charge in [-0.3, -0.25) is 0 Å². The summed E-state index contributed by atoms with van der Waals surface area (Å²) in [6.45, 7) is 8.96. The second-order valence-electron chi connectivity index (χ2n) is 5.80. The van der Waals surface area contributed by atoms with Crippen molar-refractivity contribution in [3.05, 3.63) is 50.6 Å².